The first-order chi connectivity index (χ1) is 14.3. The maximum Gasteiger partial charge on any atom is 0.312 e. The monoisotopic (exact) mass is 410 g/mol. The highest BCUT2D eigenvalue weighted by Crippen LogP contribution is 2.30. The summed E-state index contributed by atoms with van der Waals surface area (Å²) in [5, 5.41) is 2.70. The molecular weight excluding hydrogens is 384 g/mol. The lowest BCUT2D eigenvalue weighted by molar-refractivity contribution is -0.157. The van der Waals surface area contributed by atoms with Gasteiger partial charge in [0, 0.05) is 24.3 Å². The van der Waals surface area contributed by atoms with Crippen molar-refractivity contribution in [1.82, 2.24) is 0 Å². The lowest BCUT2D eigenvalue weighted by Gasteiger charge is -2.20. The summed E-state index contributed by atoms with van der Waals surface area (Å²) in [6.07, 6.45) is -0.913. The van der Waals surface area contributed by atoms with Gasteiger partial charge in [0.2, 0.25) is 5.91 Å². The molecule has 0 radical (unpaired) electrons. The average Bonchev–Trinajstić information content (AvgIpc) is 3.12. The van der Waals surface area contributed by atoms with E-state index in [1.54, 1.807) is 36.3 Å². The molecule has 2 aromatic rings. The van der Waals surface area contributed by atoms with Crippen LogP contribution in [0.25, 0.3) is 0 Å². The largest absolute Gasteiger partial charge is 0.497 e. The number of aryl methyl sites for hydroxylation is 1. The minimum atomic E-state index is -0.982. The third-order valence-electron chi connectivity index (χ3n) is 5.34. The second-order valence-corrected chi connectivity index (χ2v) is 7.42. The Morgan fingerprint density at radius 2 is 1.83 bits per heavy atom. The van der Waals surface area contributed by atoms with Crippen molar-refractivity contribution in [3.05, 3.63) is 53.6 Å². The van der Waals surface area contributed by atoms with Crippen LogP contribution < -0.4 is 15.0 Å². The number of hydrogen-bond acceptors (Lipinski definition) is 5. The molecule has 0 aliphatic carbocycles. The van der Waals surface area contributed by atoms with Gasteiger partial charge in [-0.1, -0.05) is 12.1 Å². The van der Waals surface area contributed by atoms with E-state index in [0.29, 0.717) is 11.4 Å². The van der Waals surface area contributed by atoms with Crippen molar-refractivity contribution < 1.29 is 23.9 Å². The number of nitrogens with zero attached hydrogens (tertiary/aromatic N) is 1. The van der Waals surface area contributed by atoms with Crippen LogP contribution >= 0.6 is 0 Å². The number of hydrogen-bond donors (Lipinski definition) is 1. The fourth-order valence-corrected chi connectivity index (χ4v) is 3.37. The van der Waals surface area contributed by atoms with Crippen LogP contribution in [0.4, 0.5) is 11.4 Å². The molecule has 2 aromatic carbocycles. The van der Waals surface area contributed by atoms with Crippen LogP contribution in [0.1, 0.15) is 24.5 Å². The fourth-order valence-electron chi connectivity index (χ4n) is 3.37. The van der Waals surface area contributed by atoms with Crippen LogP contribution in [0.5, 0.6) is 5.75 Å². The molecule has 1 aliphatic heterocycles. The highest BCUT2D eigenvalue weighted by Gasteiger charge is 2.37. The Morgan fingerprint density at radius 3 is 2.50 bits per heavy atom. The van der Waals surface area contributed by atoms with E-state index in [1.165, 1.54) is 6.92 Å². The van der Waals surface area contributed by atoms with Crippen LogP contribution in [-0.4, -0.2) is 37.5 Å². The summed E-state index contributed by atoms with van der Waals surface area (Å²) >= 11 is 0. The molecule has 0 aromatic heterocycles. The molecule has 30 heavy (non-hydrogen) atoms. The summed E-state index contributed by atoms with van der Waals surface area (Å²) in [5.41, 5.74) is 3.46. The summed E-state index contributed by atoms with van der Waals surface area (Å²) in [6, 6.07) is 12.6. The molecule has 7 heteroatoms. The Morgan fingerprint density at radius 1 is 1.13 bits per heavy atom. The molecule has 2 atom stereocenters. The van der Waals surface area contributed by atoms with Gasteiger partial charge in [-0.15, -0.1) is 0 Å². The maximum atomic E-state index is 12.6. The van der Waals surface area contributed by atoms with Gasteiger partial charge in [-0.3, -0.25) is 14.4 Å². The zero-order valence-corrected chi connectivity index (χ0v) is 17.6. The number of methoxy groups -OCH3 is 1. The van der Waals surface area contributed by atoms with Gasteiger partial charge in [0.05, 0.1) is 13.0 Å². The summed E-state index contributed by atoms with van der Waals surface area (Å²) < 4.78 is 10.4. The number of carbonyl (C=O) groups is 3. The number of nitrogens with one attached hydrogen (secondary N) is 1. The van der Waals surface area contributed by atoms with Crippen LogP contribution in [0.2, 0.25) is 0 Å². The zero-order valence-electron chi connectivity index (χ0n) is 17.6. The van der Waals surface area contributed by atoms with Gasteiger partial charge in [0.25, 0.3) is 5.91 Å². The van der Waals surface area contributed by atoms with Crippen molar-refractivity contribution >= 4 is 29.2 Å². The summed E-state index contributed by atoms with van der Waals surface area (Å²) in [7, 11) is 1.56. The van der Waals surface area contributed by atoms with Crippen molar-refractivity contribution in [3.63, 3.8) is 0 Å². The number of amides is 2. The molecule has 0 bridgehead atoms. The molecule has 158 valence electrons. The standard InChI is InChI=1S/C23H26N2O5/c1-14-6-5-7-20(15(14)2)25-13-17(12-21(25)26)23(28)30-16(3)22(27)24-18-8-10-19(29-4)11-9-18/h5-11,16-17H,12-13H2,1-4H3,(H,24,27)/t16-,17-/m1/s1. The quantitative estimate of drug-likeness (QED) is 0.739. The van der Waals surface area contributed by atoms with Gasteiger partial charge in [0.1, 0.15) is 5.75 Å². The topological polar surface area (TPSA) is 84.9 Å². The van der Waals surface area contributed by atoms with Crippen LogP contribution in [-0.2, 0) is 19.1 Å². The highest BCUT2D eigenvalue weighted by molar-refractivity contribution is 6.01. The molecule has 0 spiro atoms. The van der Waals surface area contributed by atoms with Gasteiger partial charge in [-0.05, 0) is 62.2 Å². The second-order valence-electron chi connectivity index (χ2n) is 7.42. The van der Waals surface area contributed by atoms with E-state index in [-0.39, 0.29) is 18.9 Å². The number of anilines is 2. The Labute approximate surface area is 176 Å². The summed E-state index contributed by atoms with van der Waals surface area (Å²) in [6.45, 7) is 5.69. The molecule has 1 saturated heterocycles. The van der Waals surface area contributed by atoms with Crippen LogP contribution in [0.3, 0.4) is 0 Å². The Balaban J connectivity index is 1.59. The SMILES string of the molecule is COc1ccc(NC(=O)[C@@H](C)OC(=O)[C@@H]2CC(=O)N(c3cccc(C)c3C)C2)cc1. The van der Waals surface area contributed by atoms with E-state index >= 15 is 0 Å². The van der Waals surface area contributed by atoms with Gasteiger partial charge in [0.15, 0.2) is 6.10 Å². The van der Waals surface area contributed by atoms with Crippen molar-refractivity contribution in [1.29, 1.82) is 0 Å². The lowest BCUT2D eigenvalue weighted by Crippen LogP contribution is -2.33. The van der Waals surface area contributed by atoms with E-state index in [9.17, 15) is 14.4 Å². The third-order valence-corrected chi connectivity index (χ3v) is 5.34. The molecule has 1 heterocycles. The minimum Gasteiger partial charge on any atom is -0.497 e. The van der Waals surface area contributed by atoms with Gasteiger partial charge in [-0.2, -0.15) is 0 Å². The average molecular weight is 410 g/mol. The van der Waals surface area contributed by atoms with E-state index in [2.05, 4.69) is 5.32 Å². The molecule has 7 nitrogen and oxygen atoms in total. The Bertz CT molecular complexity index is 955. The van der Waals surface area contributed by atoms with E-state index < -0.39 is 23.9 Å². The number of esters is 1. The smallest absolute Gasteiger partial charge is 0.312 e. The summed E-state index contributed by atoms with van der Waals surface area (Å²) in [5.74, 6) is -1.04. The van der Waals surface area contributed by atoms with Crippen LogP contribution in [0.15, 0.2) is 42.5 Å². The predicted molar refractivity (Wildman–Crippen MR) is 114 cm³/mol. The molecule has 0 unspecified atom stereocenters. The molecule has 1 aliphatic rings. The van der Waals surface area contributed by atoms with E-state index in [0.717, 1.165) is 16.8 Å². The third kappa shape index (κ3) is 4.62. The molecule has 1 N–H and O–H groups in total. The first kappa shape index (κ1) is 21.4. The van der Waals surface area contributed by atoms with Gasteiger partial charge < -0.3 is 19.7 Å². The van der Waals surface area contributed by atoms with Crippen molar-refractivity contribution in [2.24, 2.45) is 5.92 Å². The van der Waals surface area contributed by atoms with Crippen molar-refractivity contribution in [2.75, 3.05) is 23.9 Å². The molecular formula is C23H26N2O5. The molecule has 0 saturated carbocycles. The number of ether oxygens (including phenoxy) is 2. The normalized spacial score (nSPS) is 16.9. The first-order valence-corrected chi connectivity index (χ1v) is 9.82. The van der Waals surface area contributed by atoms with Crippen molar-refractivity contribution in [3.8, 4) is 5.75 Å². The Kier molecular flexibility index (Phi) is 6.40. The summed E-state index contributed by atoms with van der Waals surface area (Å²) in [4.78, 5) is 39.0. The van der Waals surface area contributed by atoms with Gasteiger partial charge in [-0.25, -0.2) is 0 Å². The second kappa shape index (κ2) is 8.98. The van der Waals surface area contributed by atoms with E-state index in [4.69, 9.17) is 9.47 Å². The molecule has 2 amide bonds. The molecule has 3 rings (SSSR count). The lowest BCUT2D eigenvalue weighted by atomic mass is 10.1. The number of benzene rings is 2. The number of carbonyl (C=O) groups excluding carboxylic acids is 3. The van der Waals surface area contributed by atoms with E-state index in [1.807, 2.05) is 32.0 Å². The Hall–Kier alpha value is -3.35. The van der Waals surface area contributed by atoms with Crippen LogP contribution in [0, 0.1) is 19.8 Å². The minimum absolute atomic E-state index is 0.0685. The highest BCUT2D eigenvalue weighted by atomic mass is 16.5. The zero-order chi connectivity index (χ0) is 21.8. The van der Waals surface area contributed by atoms with Gasteiger partial charge >= 0.3 is 5.97 Å². The first-order valence-electron chi connectivity index (χ1n) is 9.82. The predicted octanol–water partition coefficient (Wildman–Crippen LogP) is 3.24. The van der Waals surface area contributed by atoms with Crippen molar-refractivity contribution in [2.45, 2.75) is 33.3 Å². The molecule has 1 fully saturated rings. The fraction of sp³-hybridized carbons (Fsp3) is 0.348. The maximum absolute atomic E-state index is 12.6. The number of rotatable bonds is 6.